The number of hydrogen-bond acceptors (Lipinski definition) is 2. The second-order valence-electron chi connectivity index (χ2n) is 5.53. The molecular formula is C15H21NS. The number of thioether (sulfide) groups is 1. The topological polar surface area (TPSA) is 12.0 Å². The zero-order chi connectivity index (χ0) is 11.7. The molecule has 2 aliphatic rings. The van der Waals surface area contributed by atoms with Crippen LogP contribution in [-0.4, -0.2) is 18.8 Å². The van der Waals surface area contributed by atoms with Gasteiger partial charge in [0.05, 0.1) is 0 Å². The summed E-state index contributed by atoms with van der Waals surface area (Å²) >= 11 is 2.05. The Balaban J connectivity index is 1.67. The van der Waals surface area contributed by atoms with E-state index in [-0.39, 0.29) is 0 Å². The van der Waals surface area contributed by atoms with E-state index >= 15 is 0 Å². The lowest BCUT2D eigenvalue weighted by molar-refractivity contribution is 0.404. The van der Waals surface area contributed by atoms with E-state index in [2.05, 4.69) is 36.5 Å². The van der Waals surface area contributed by atoms with Crippen LogP contribution in [0.3, 0.4) is 0 Å². The lowest BCUT2D eigenvalue weighted by Crippen LogP contribution is -2.25. The molecule has 1 atom stereocenters. The molecule has 1 saturated carbocycles. The van der Waals surface area contributed by atoms with Crippen molar-refractivity contribution in [1.29, 1.82) is 0 Å². The highest BCUT2D eigenvalue weighted by Crippen LogP contribution is 2.54. The third-order valence-corrected chi connectivity index (χ3v) is 5.44. The standard InChI is InChI=1S/C15H21NS/c1-2-16-11-15(7-8-15)9-12-10-17-14-6-4-3-5-13(12)14/h3-6,12,16H,2,7-11H2,1H3. The van der Waals surface area contributed by atoms with Gasteiger partial charge in [0.15, 0.2) is 0 Å². The molecule has 1 heterocycles. The zero-order valence-corrected chi connectivity index (χ0v) is 11.4. The molecule has 0 bridgehead atoms. The lowest BCUT2D eigenvalue weighted by atomic mass is 9.88. The molecule has 1 nitrogen and oxygen atoms in total. The minimum Gasteiger partial charge on any atom is -0.316 e. The van der Waals surface area contributed by atoms with Crippen molar-refractivity contribution in [1.82, 2.24) is 5.32 Å². The van der Waals surface area contributed by atoms with Crippen molar-refractivity contribution in [2.45, 2.75) is 37.0 Å². The van der Waals surface area contributed by atoms with Gasteiger partial charge < -0.3 is 5.32 Å². The van der Waals surface area contributed by atoms with Crippen molar-refractivity contribution in [3.05, 3.63) is 29.8 Å². The number of fused-ring (bicyclic) bond motifs is 1. The van der Waals surface area contributed by atoms with Crippen molar-refractivity contribution in [3.8, 4) is 0 Å². The van der Waals surface area contributed by atoms with Gasteiger partial charge in [0.2, 0.25) is 0 Å². The molecule has 3 rings (SSSR count). The molecule has 0 amide bonds. The molecule has 0 radical (unpaired) electrons. The maximum Gasteiger partial charge on any atom is 0.0107 e. The first-order valence-corrected chi connectivity index (χ1v) is 7.74. The number of rotatable bonds is 5. The van der Waals surface area contributed by atoms with Gasteiger partial charge >= 0.3 is 0 Å². The fourth-order valence-corrected chi connectivity index (χ4v) is 4.20. The Morgan fingerprint density at radius 2 is 2.18 bits per heavy atom. The van der Waals surface area contributed by atoms with Crippen molar-refractivity contribution in [2.75, 3.05) is 18.8 Å². The summed E-state index contributed by atoms with van der Waals surface area (Å²) in [6.45, 7) is 4.54. The fourth-order valence-electron chi connectivity index (χ4n) is 2.94. The Kier molecular flexibility index (Phi) is 3.18. The molecule has 1 aliphatic carbocycles. The van der Waals surface area contributed by atoms with Crippen molar-refractivity contribution in [3.63, 3.8) is 0 Å². The molecule has 1 fully saturated rings. The highest BCUT2D eigenvalue weighted by atomic mass is 32.2. The molecule has 17 heavy (non-hydrogen) atoms. The summed E-state index contributed by atoms with van der Waals surface area (Å²) in [5, 5.41) is 3.54. The predicted octanol–water partition coefficient (Wildman–Crippen LogP) is 3.66. The summed E-state index contributed by atoms with van der Waals surface area (Å²) in [5.74, 6) is 2.10. The molecule has 1 unspecified atom stereocenters. The van der Waals surface area contributed by atoms with E-state index in [9.17, 15) is 0 Å². The highest BCUT2D eigenvalue weighted by molar-refractivity contribution is 7.99. The monoisotopic (exact) mass is 247 g/mol. The molecule has 1 aromatic rings. The van der Waals surface area contributed by atoms with E-state index in [4.69, 9.17) is 0 Å². The number of benzene rings is 1. The van der Waals surface area contributed by atoms with E-state index < -0.39 is 0 Å². The summed E-state index contributed by atoms with van der Waals surface area (Å²) in [6.07, 6.45) is 4.26. The molecule has 1 N–H and O–H groups in total. The average molecular weight is 247 g/mol. The summed E-state index contributed by atoms with van der Waals surface area (Å²) in [4.78, 5) is 1.52. The van der Waals surface area contributed by atoms with Gasteiger partial charge in [-0.2, -0.15) is 0 Å². The molecule has 0 spiro atoms. The highest BCUT2D eigenvalue weighted by Gasteiger charge is 2.44. The normalized spacial score (nSPS) is 24.6. The van der Waals surface area contributed by atoms with E-state index in [0.29, 0.717) is 5.41 Å². The van der Waals surface area contributed by atoms with Crippen molar-refractivity contribution in [2.24, 2.45) is 5.41 Å². The third kappa shape index (κ3) is 2.38. The van der Waals surface area contributed by atoms with Crippen LogP contribution in [0, 0.1) is 5.41 Å². The first-order valence-electron chi connectivity index (χ1n) is 6.75. The van der Waals surface area contributed by atoms with Gasteiger partial charge in [0, 0.05) is 17.2 Å². The maximum atomic E-state index is 3.54. The lowest BCUT2D eigenvalue weighted by Gasteiger charge is -2.20. The van der Waals surface area contributed by atoms with Crippen molar-refractivity contribution < 1.29 is 0 Å². The van der Waals surface area contributed by atoms with Gasteiger partial charge in [-0.15, -0.1) is 11.8 Å². The van der Waals surface area contributed by atoms with Crippen LogP contribution in [0.15, 0.2) is 29.2 Å². The first kappa shape index (κ1) is 11.6. The van der Waals surface area contributed by atoms with E-state index in [1.165, 1.54) is 36.5 Å². The number of nitrogens with one attached hydrogen (secondary N) is 1. The third-order valence-electron chi connectivity index (χ3n) is 4.19. The second kappa shape index (κ2) is 4.66. The quantitative estimate of drug-likeness (QED) is 0.852. The van der Waals surface area contributed by atoms with Crippen LogP contribution in [0.5, 0.6) is 0 Å². The van der Waals surface area contributed by atoms with Crippen LogP contribution in [0.2, 0.25) is 0 Å². The predicted molar refractivity (Wildman–Crippen MR) is 74.7 cm³/mol. The van der Waals surface area contributed by atoms with Gasteiger partial charge in [0.25, 0.3) is 0 Å². The SMILES string of the molecule is CCNCC1(CC2CSc3ccccc32)CC1. The Bertz CT molecular complexity index is 398. The summed E-state index contributed by atoms with van der Waals surface area (Å²) in [5.41, 5.74) is 2.25. The average Bonchev–Trinajstić information content (AvgIpc) is 3.01. The second-order valence-corrected chi connectivity index (χ2v) is 6.59. The molecular weight excluding hydrogens is 226 g/mol. The summed E-state index contributed by atoms with van der Waals surface area (Å²) < 4.78 is 0. The van der Waals surface area contributed by atoms with Gasteiger partial charge in [-0.25, -0.2) is 0 Å². The molecule has 0 saturated heterocycles. The Hall–Kier alpha value is -0.470. The van der Waals surface area contributed by atoms with Gasteiger partial charge in [0.1, 0.15) is 0 Å². The van der Waals surface area contributed by atoms with Crippen molar-refractivity contribution >= 4 is 11.8 Å². The van der Waals surface area contributed by atoms with Gasteiger partial charge in [-0.1, -0.05) is 25.1 Å². The summed E-state index contributed by atoms with van der Waals surface area (Å²) in [6, 6.07) is 8.98. The Labute approximate surface area is 108 Å². The molecule has 1 aromatic carbocycles. The zero-order valence-electron chi connectivity index (χ0n) is 10.5. The first-order chi connectivity index (χ1) is 8.33. The molecule has 2 heteroatoms. The molecule has 0 aromatic heterocycles. The van der Waals surface area contributed by atoms with Crippen LogP contribution in [0.25, 0.3) is 0 Å². The fraction of sp³-hybridized carbons (Fsp3) is 0.600. The van der Waals surface area contributed by atoms with Gasteiger partial charge in [-0.05, 0) is 48.8 Å². The van der Waals surface area contributed by atoms with Crippen LogP contribution in [0.4, 0.5) is 0 Å². The Morgan fingerprint density at radius 1 is 1.35 bits per heavy atom. The largest absolute Gasteiger partial charge is 0.316 e. The Morgan fingerprint density at radius 3 is 2.94 bits per heavy atom. The van der Waals surface area contributed by atoms with Crippen LogP contribution in [-0.2, 0) is 0 Å². The van der Waals surface area contributed by atoms with E-state index in [0.717, 1.165) is 12.5 Å². The van der Waals surface area contributed by atoms with Gasteiger partial charge in [-0.3, -0.25) is 0 Å². The smallest absolute Gasteiger partial charge is 0.0107 e. The van der Waals surface area contributed by atoms with Crippen LogP contribution in [0.1, 0.15) is 37.7 Å². The van der Waals surface area contributed by atoms with E-state index in [1.807, 2.05) is 11.8 Å². The van der Waals surface area contributed by atoms with Crippen LogP contribution < -0.4 is 5.32 Å². The summed E-state index contributed by atoms with van der Waals surface area (Å²) in [7, 11) is 0. The maximum absolute atomic E-state index is 3.54. The van der Waals surface area contributed by atoms with Crippen LogP contribution >= 0.6 is 11.8 Å². The molecule has 1 aliphatic heterocycles. The minimum absolute atomic E-state index is 0.638. The minimum atomic E-state index is 0.638. The number of hydrogen-bond donors (Lipinski definition) is 1. The van der Waals surface area contributed by atoms with E-state index in [1.54, 1.807) is 5.56 Å². The molecule has 92 valence electrons.